The van der Waals surface area contributed by atoms with Gasteiger partial charge in [-0.3, -0.25) is 0 Å². The summed E-state index contributed by atoms with van der Waals surface area (Å²) in [6.45, 7) is 3.11. The molecular weight excluding hydrogens is 246 g/mol. The Morgan fingerprint density at radius 2 is 1.55 bits per heavy atom. The smallest absolute Gasteiger partial charge is 0.0587 e. The minimum Gasteiger partial charge on any atom is -0.395 e. The number of nitrogens with one attached hydrogen (secondary N) is 1. The van der Waals surface area contributed by atoms with Crippen molar-refractivity contribution in [2.45, 2.75) is 32.4 Å². The molecule has 0 amide bonds. The Bertz CT molecular complexity index is 493. The third-order valence-corrected chi connectivity index (χ3v) is 3.57. The summed E-state index contributed by atoms with van der Waals surface area (Å²) in [4.78, 5) is 0. The summed E-state index contributed by atoms with van der Waals surface area (Å²) in [6, 6.07) is 19.0. The Hall–Kier alpha value is -1.64. The zero-order valence-corrected chi connectivity index (χ0v) is 12.0. The van der Waals surface area contributed by atoms with Gasteiger partial charge in [0.25, 0.3) is 0 Å². The van der Waals surface area contributed by atoms with Crippen molar-refractivity contribution >= 4 is 0 Å². The third-order valence-electron chi connectivity index (χ3n) is 3.57. The van der Waals surface area contributed by atoms with Gasteiger partial charge in [-0.15, -0.1) is 0 Å². The van der Waals surface area contributed by atoms with E-state index in [0.29, 0.717) is 0 Å². The van der Waals surface area contributed by atoms with Gasteiger partial charge in [0.05, 0.1) is 6.61 Å². The molecule has 0 saturated carbocycles. The summed E-state index contributed by atoms with van der Waals surface area (Å²) < 4.78 is 0. The molecule has 2 heteroatoms. The lowest BCUT2D eigenvalue weighted by Crippen LogP contribution is -2.34. The monoisotopic (exact) mass is 269 g/mol. The summed E-state index contributed by atoms with van der Waals surface area (Å²) in [5.41, 5.74) is 3.87. The normalized spacial score (nSPS) is 12.3. The molecule has 0 radical (unpaired) electrons. The van der Waals surface area contributed by atoms with E-state index >= 15 is 0 Å². The molecule has 2 aromatic rings. The van der Waals surface area contributed by atoms with Crippen LogP contribution < -0.4 is 5.32 Å². The minimum atomic E-state index is 0.100. The van der Waals surface area contributed by atoms with E-state index in [9.17, 15) is 5.11 Å². The van der Waals surface area contributed by atoms with E-state index in [2.05, 4.69) is 48.6 Å². The second-order valence-electron chi connectivity index (χ2n) is 5.12. The predicted octanol–water partition coefficient (Wildman–Crippen LogP) is 2.94. The third kappa shape index (κ3) is 4.48. The van der Waals surface area contributed by atoms with Crippen LogP contribution in [0.3, 0.4) is 0 Å². The van der Waals surface area contributed by atoms with E-state index in [1.807, 2.05) is 18.2 Å². The molecule has 0 aliphatic rings. The van der Waals surface area contributed by atoms with Crippen molar-refractivity contribution in [1.82, 2.24) is 5.32 Å². The Morgan fingerprint density at radius 1 is 0.900 bits per heavy atom. The highest BCUT2D eigenvalue weighted by Gasteiger charge is 2.07. The van der Waals surface area contributed by atoms with Crippen LogP contribution in [0, 0.1) is 0 Å². The van der Waals surface area contributed by atoms with Crippen molar-refractivity contribution in [3.05, 3.63) is 71.3 Å². The average Bonchev–Trinajstić information content (AvgIpc) is 2.53. The SMILES string of the molecule is CCc1ccc(CN[C@H](CO)Cc2ccccc2)cc1. The maximum absolute atomic E-state index is 9.49. The van der Waals surface area contributed by atoms with Crippen LogP contribution >= 0.6 is 0 Å². The predicted molar refractivity (Wildman–Crippen MR) is 83.7 cm³/mol. The first-order valence-corrected chi connectivity index (χ1v) is 7.27. The van der Waals surface area contributed by atoms with Crippen molar-refractivity contribution in [2.24, 2.45) is 0 Å². The van der Waals surface area contributed by atoms with Gasteiger partial charge in [-0.25, -0.2) is 0 Å². The maximum Gasteiger partial charge on any atom is 0.0587 e. The number of aliphatic hydroxyl groups is 1. The van der Waals surface area contributed by atoms with Gasteiger partial charge in [0, 0.05) is 12.6 Å². The van der Waals surface area contributed by atoms with Crippen molar-refractivity contribution in [2.75, 3.05) is 6.61 Å². The fourth-order valence-electron chi connectivity index (χ4n) is 2.25. The molecule has 2 N–H and O–H groups in total. The van der Waals surface area contributed by atoms with Crippen LogP contribution in [-0.2, 0) is 19.4 Å². The summed E-state index contributed by atoms with van der Waals surface area (Å²) in [5, 5.41) is 12.9. The van der Waals surface area contributed by atoms with E-state index in [1.165, 1.54) is 16.7 Å². The molecular formula is C18H23NO. The Labute approximate surface area is 121 Å². The molecule has 106 valence electrons. The van der Waals surface area contributed by atoms with Crippen molar-refractivity contribution in [3.8, 4) is 0 Å². The van der Waals surface area contributed by atoms with Crippen LogP contribution in [0.15, 0.2) is 54.6 Å². The van der Waals surface area contributed by atoms with Crippen molar-refractivity contribution < 1.29 is 5.11 Å². The van der Waals surface area contributed by atoms with Crippen LogP contribution in [-0.4, -0.2) is 17.8 Å². The highest BCUT2D eigenvalue weighted by Crippen LogP contribution is 2.07. The van der Waals surface area contributed by atoms with Crippen LogP contribution in [0.1, 0.15) is 23.6 Å². The number of aliphatic hydroxyl groups excluding tert-OH is 1. The zero-order valence-electron chi connectivity index (χ0n) is 12.0. The molecule has 20 heavy (non-hydrogen) atoms. The van der Waals surface area contributed by atoms with Crippen LogP contribution in [0.5, 0.6) is 0 Å². The van der Waals surface area contributed by atoms with Gasteiger partial charge in [-0.05, 0) is 29.5 Å². The summed E-state index contributed by atoms with van der Waals surface area (Å²) >= 11 is 0. The number of benzene rings is 2. The zero-order chi connectivity index (χ0) is 14.2. The summed E-state index contributed by atoms with van der Waals surface area (Å²) in [5.74, 6) is 0. The summed E-state index contributed by atoms with van der Waals surface area (Å²) in [7, 11) is 0. The molecule has 0 heterocycles. The molecule has 2 rings (SSSR count). The van der Waals surface area contributed by atoms with Gasteiger partial charge in [-0.2, -0.15) is 0 Å². The molecule has 0 saturated heterocycles. The van der Waals surface area contributed by atoms with Crippen LogP contribution in [0.2, 0.25) is 0 Å². The highest BCUT2D eigenvalue weighted by molar-refractivity contribution is 5.22. The molecule has 0 aromatic heterocycles. The Morgan fingerprint density at radius 3 is 2.15 bits per heavy atom. The Kier molecular flexibility index (Phi) is 5.78. The molecule has 0 spiro atoms. The summed E-state index contributed by atoms with van der Waals surface area (Å²) in [6.07, 6.45) is 1.92. The Balaban J connectivity index is 1.86. The van der Waals surface area contributed by atoms with E-state index < -0.39 is 0 Å². The fourth-order valence-corrected chi connectivity index (χ4v) is 2.25. The van der Waals surface area contributed by atoms with Gasteiger partial charge < -0.3 is 10.4 Å². The van der Waals surface area contributed by atoms with E-state index in [0.717, 1.165) is 19.4 Å². The lowest BCUT2D eigenvalue weighted by atomic mass is 10.1. The van der Waals surface area contributed by atoms with E-state index in [1.54, 1.807) is 0 Å². The van der Waals surface area contributed by atoms with Crippen LogP contribution in [0.4, 0.5) is 0 Å². The maximum atomic E-state index is 9.49. The van der Waals surface area contributed by atoms with E-state index in [-0.39, 0.29) is 12.6 Å². The van der Waals surface area contributed by atoms with Crippen LogP contribution in [0.25, 0.3) is 0 Å². The molecule has 2 aromatic carbocycles. The molecule has 2 nitrogen and oxygen atoms in total. The van der Waals surface area contributed by atoms with Gasteiger partial charge in [0.1, 0.15) is 0 Å². The van der Waals surface area contributed by atoms with Gasteiger partial charge in [0.15, 0.2) is 0 Å². The van der Waals surface area contributed by atoms with Crippen molar-refractivity contribution in [3.63, 3.8) is 0 Å². The van der Waals surface area contributed by atoms with Gasteiger partial charge >= 0.3 is 0 Å². The van der Waals surface area contributed by atoms with Gasteiger partial charge in [0.2, 0.25) is 0 Å². The quantitative estimate of drug-likeness (QED) is 0.810. The highest BCUT2D eigenvalue weighted by atomic mass is 16.3. The lowest BCUT2D eigenvalue weighted by Gasteiger charge is -2.16. The first kappa shape index (κ1) is 14.8. The second kappa shape index (κ2) is 7.83. The topological polar surface area (TPSA) is 32.3 Å². The first-order chi connectivity index (χ1) is 9.81. The average molecular weight is 269 g/mol. The lowest BCUT2D eigenvalue weighted by molar-refractivity contribution is 0.241. The number of hydrogen-bond acceptors (Lipinski definition) is 2. The molecule has 0 aliphatic heterocycles. The first-order valence-electron chi connectivity index (χ1n) is 7.27. The minimum absolute atomic E-state index is 0.100. The number of rotatable bonds is 7. The second-order valence-corrected chi connectivity index (χ2v) is 5.12. The molecule has 0 fully saturated rings. The fraction of sp³-hybridized carbons (Fsp3) is 0.333. The molecule has 0 bridgehead atoms. The number of hydrogen-bond donors (Lipinski definition) is 2. The number of aryl methyl sites for hydroxylation is 1. The van der Waals surface area contributed by atoms with Crippen molar-refractivity contribution in [1.29, 1.82) is 0 Å². The molecule has 0 aliphatic carbocycles. The van der Waals surface area contributed by atoms with Gasteiger partial charge in [-0.1, -0.05) is 61.5 Å². The molecule has 1 atom stereocenters. The van der Waals surface area contributed by atoms with E-state index in [4.69, 9.17) is 0 Å². The molecule has 0 unspecified atom stereocenters. The standard InChI is InChI=1S/C18H23NO/c1-2-15-8-10-17(11-9-15)13-19-18(14-20)12-16-6-4-3-5-7-16/h3-11,18-20H,2,12-14H2,1H3/t18-/m0/s1. The largest absolute Gasteiger partial charge is 0.395 e.